The van der Waals surface area contributed by atoms with Crippen LogP contribution in [0.5, 0.6) is 0 Å². The molecule has 2 aromatic rings. The van der Waals surface area contributed by atoms with Gasteiger partial charge in [-0.1, -0.05) is 12.1 Å². The van der Waals surface area contributed by atoms with Crippen molar-refractivity contribution in [2.75, 3.05) is 11.7 Å². The van der Waals surface area contributed by atoms with Crippen molar-refractivity contribution < 1.29 is 18.0 Å². The van der Waals surface area contributed by atoms with E-state index in [4.69, 9.17) is 5.14 Å². The third kappa shape index (κ3) is 3.97. The van der Waals surface area contributed by atoms with Crippen LogP contribution in [-0.4, -0.2) is 41.5 Å². The van der Waals surface area contributed by atoms with Crippen LogP contribution in [0.15, 0.2) is 45.8 Å². The fraction of sp³-hybridized carbons (Fsp3) is 0.118. The zero-order valence-electron chi connectivity index (χ0n) is 15.2. The summed E-state index contributed by atoms with van der Waals surface area (Å²) in [5, 5.41) is 15.7. The van der Waals surface area contributed by atoms with Crippen LogP contribution in [0, 0.1) is 11.3 Å². The lowest BCUT2D eigenvalue weighted by molar-refractivity contribution is -0.135. The summed E-state index contributed by atoms with van der Waals surface area (Å²) in [5.74, 6) is -1.14. The number of sulfonamides is 1. The van der Waals surface area contributed by atoms with E-state index >= 15 is 0 Å². The van der Waals surface area contributed by atoms with Crippen molar-refractivity contribution in [3.8, 4) is 17.5 Å². The molecule has 29 heavy (non-hydrogen) atoms. The van der Waals surface area contributed by atoms with Gasteiger partial charge in [0.2, 0.25) is 10.0 Å². The highest BCUT2D eigenvalue weighted by Crippen LogP contribution is 2.29. The molecule has 0 bridgehead atoms. The van der Waals surface area contributed by atoms with Gasteiger partial charge in [0.05, 0.1) is 4.90 Å². The quantitative estimate of drug-likeness (QED) is 0.401. The molecule has 1 aromatic carbocycles. The third-order valence-corrected chi connectivity index (χ3v) is 5.51. The monoisotopic (exact) mass is 430 g/mol. The number of rotatable bonds is 5. The van der Waals surface area contributed by atoms with Gasteiger partial charge in [-0.15, -0.1) is 11.8 Å². The number of thioether (sulfide) groups is 1. The van der Waals surface area contributed by atoms with E-state index in [-0.39, 0.29) is 32.7 Å². The molecule has 0 saturated carbocycles. The molecule has 0 radical (unpaired) electrons. The Labute approximate surface area is 170 Å². The lowest BCUT2D eigenvalue weighted by Gasteiger charge is -2.18. The van der Waals surface area contributed by atoms with Crippen molar-refractivity contribution in [3.05, 3.63) is 41.5 Å². The zero-order chi connectivity index (χ0) is 21.3. The molecular weight excluding hydrogens is 416 g/mol. The van der Waals surface area contributed by atoms with E-state index < -0.39 is 21.8 Å². The van der Waals surface area contributed by atoms with Crippen LogP contribution in [0.25, 0.3) is 11.4 Å². The smallest absolute Gasteiger partial charge is 0.270 e. The second-order valence-electron chi connectivity index (χ2n) is 5.88. The predicted octanol–water partition coefficient (Wildman–Crippen LogP) is 1.03. The molecule has 12 heteroatoms. The molecule has 0 spiro atoms. The molecule has 0 unspecified atom stereocenters. The molecule has 0 aliphatic carbocycles. The largest absolute Gasteiger partial charge is 0.275 e. The number of nitrogens with zero attached hydrogens (tertiary/aromatic N) is 4. The molecule has 1 aliphatic heterocycles. The molecule has 3 N–H and O–H groups in total. The van der Waals surface area contributed by atoms with Gasteiger partial charge in [-0.25, -0.2) is 23.5 Å². The number of anilines is 1. The average molecular weight is 430 g/mol. The van der Waals surface area contributed by atoms with Crippen molar-refractivity contribution in [1.29, 1.82) is 5.26 Å². The van der Waals surface area contributed by atoms with E-state index in [1.165, 1.54) is 25.1 Å². The first kappa shape index (κ1) is 20.5. The van der Waals surface area contributed by atoms with E-state index in [1.54, 1.807) is 12.3 Å². The number of nitrogens with two attached hydrogens (primary N) is 1. The summed E-state index contributed by atoms with van der Waals surface area (Å²) < 4.78 is 23.3. The van der Waals surface area contributed by atoms with Crippen LogP contribution in [0.1, 0.15) is 12.5 Å². The number of benzene rings is 1. The minimum atomic E-state index is -3.94. The zero-order valence-corrected chi connectivity index (χ0v) is 16.8. The average Bonchev–Trinajstić information content (AvgIpc) is 2.92. The minimum absolute atomic E-state index is 0.0361. The topological polar surface area (TPSA) is 159 Å². The Balaban J connectivity index is 2.12. The van der Waals surface area contributed by atoms with Crippen LogP contribution in [0.4, 0.5) is 5.82 Å². The molecule has 2 amide bonds. The molecule has 3 rings (SSSR count). The molecule has 1 aliphatic rings. The van der Waals surface area contributed by atoms with Gasteiger partial charge in [-0.3, -0.25) is 15.0 Å². The van der Waals surface area contributed by atoms with Gasteiger partial charge in [0.1, 0.15) is 16.7 Å². The maximum atomic E-state index is 12.1. The molecule has 1 aromatic heterocycles. The van der Waals surface area contributed by atoms with Gasteiger partial charge in [-0.2, -0.15) is 10.3 Å². The Bertz CT molecular complexity index is 1220. The van der Waals surface area contributed by atoms with Crippen LogP contribution in [0.2, 0.25) is 0 Å². The summed E-state index contributed by atoms with van der Waals surface area (Å²) in [7, 11) is -3.94. The number of nitrogens with one attached hydrogen (secondary N) is 1. The number of hydrogen-bond acceptors (Lipinski definition) is 9. The first-order valence-electron chi connectivity index (χ1n) is 7.98. The standard InChI is InChI=1S/C17H14N6O4S2/c1-9-6-13(24)23(17(9)25)22-15-12(8-18)16(28-2)21-14(20-15)10-4-3-5-11(7-10)29(19,26)27/h3-7H,1-2H3,(H2,19,26,27)(H,20,21,22). The van der Waals surface area contributed by atoms with E-state index in [2.05, 4.69) is 15.4 Å². The van der Waals surface area contributed by atoms with Crippen molar-refractivity contribution in [2.24, 2.45) is 5.14 Å². The van der Waals surface area contributed by atoms with Crippen LogP contribution >= 0.6 is 11.8 Å². The Morgan fingerprint density at radius 1 is 1.28 bits per heavy atom. The van der Waals surface area contributed by atoms with E-state index in [0.717, 1.165) is 22.8 Å². The summed E-state index contributed by atoms with van der Waals surface area (Å²) in [6, 6.07) is 7.62. The number of primary sulfonamides is 1. The highest BCUT2D eigenvalue weighted by atomic mass is 32.2. The summed E-state index contributed by atoms with van der Waals surface area (Å²) >= 11 is 1.15. The number of hydrogen-bond donors (Lipinski definition) is 2. The van der Waals surface area contributed by atoms with Gasteiger partial charge >= 0.3 is 0 Å². The highest BCUT2D eigenvalue weighted by molar-refractivity contribution is 7.98. The van der Waals surface area contributed by atoms with Gasteiger partial charge < -0.3 is 0 Å². The lowest BCUT2D eigenvalue weighted by Crippen LogP contribution is -2.37. The highest BCUT2D eigenvalue weighted by Gasteiger charge is 2.30. The number of aromatic nitrogens is 2. The number of imide groups is 1. The van der Waals surface area contributed by atoms with Crippen molar-refractivity contribution >= 4 is 39.4 Å². The maximum absolute atomic E-state index is 12.1. The van der Waals surface area contributed by atoms with E-state index in [0.29, 0.717) is 5.56 Å². The van der Waals surface area contributed by atoms with Gasteiger partial charge in [0, 0.05) is 17.2 Å². The second kappa shape index (κ2) is 7.63. The lowest BCUT2D eigenvalue weighted by atomic mass is 10.2. The van der Waals surface area contributed by atoms with Gasteiger partial charge in [-0.05, 0) is 25.3 Å². The number of amides is 2. The SMILES string of the molecule is CSc1nc(-c2cccc(S(N)(=O)=O)c2)nc(NN2C(=O)C=C(C)C2=O)c1C#N. The van der Waals surface area contributed by atoms with E-state index in [1.807, 2.05) is 6.07 Å². The predicted molar refractivity (Wildman–Crippen MR) is 105 cm³/mol. The Kier molecular flexibility index (Phi) is 5.38. The Hall–Kier alpha value is -3.27. The molecule has 10 nitrogen and oxygen atoms in total. The van der Waals surface area contributed by atoms with Crippen molar-refractivity contribution in [2.45, 2.75) is 16.8 Å². The van der Waals surface area contributed by atoms with Crippen molar-refractivity contribution in [1.82, 2.24) is 15.0 Å². The minimum Gasteiger partial charge on any atom is -0.270 e. The first-order chi connectivity index (χ1) is 13.7. The molecule has 148 valence electrons. The van der Waals surface area contributed by atoms with Crippen LogP contribution < -0.4 is 10.6 Å². The van der Waals surface area contributed by atoms with Gasteiger partial charge in [0.15, 0.2) is 11.6 Å². The Morgan fingerprint density at radius 2 is 2.00 bits per heavy atom. The number of carbonyl (C=O) groups is 2. The second-order valence-corrected chi connectivity index (χ2v) is 8.24. The summed E-state index contributed by atoms with van der Waals surface area (Å²) in [5.41, 5.74) is 3.17. The number of carbonyl (C=O) groups excluding carboxylic acids is 2. The summed E-state index contributed by atoms with van der Waals surface area (Å²) in [6.07, 6.45) is 2.85. The fourth-order valence-corrected chi connectivity index (χ4v) is 3.59. The summed E-state index contributed by atoms with van der Waals surface area (Å²) in [6.45, 7) is 1.49. The third-order valence-electron chi connectivity index (χ3n) is 3.92. The normalized spacial score (nSPS) is 14.0. The summed E-state index contributed by atoms with van der Waals surface area (Å²) in [4.78, 5) is 32.6. The molecule has 2 heterocycles. The van der Waals surface area contributed by atoms with Crippen LogP contribution in [0.3, 0.4) is 0 Å². The first-order valence-corrected chi connectivity index (χ1v) is 10.8. The molecular formula is C17H14N6O4S2. The van der Waals surface area contributed by atoms with Crippen LogP contribution in [-0.2, 0) is 19.6 Å². The molecule has 0 saturated heterocycles. The molecule has 0 atom stereocenters. The molecule has 0 fully saturated rings. The Morgan fingerprint density at radius 3 is 2.55 bits per heavy atom. The van der Waals surface area contributed by atoms with Crippen molar-refractivity contribution in [3.63, 3.8) is 0 Å². The van der Waals surface area contributed by atoms with Gasteiger partial charge in [0.25, 0.3) is 11.8 Å². The maximum Gasteiger partial charge on any atom is 0.275 e. The number of nitriles is 1. The number of hydrazine groups is 1. The van der Waals surface area contributed by atoms with E-state index in [9.17, 15) is 23.3 Å². The fourth-order valence-electron chi connectivity index (χ4n) is 2.51.